The number of furan rings is 1. The van der Waals surface area contributed by atoms with Crippen molar-refractivity contribution < 1.29 is 28.3 Å². The molecular formula is C23H27NO6S. The smallest absolute Gasteiger partial charge is 0.373 e. The van der Waals surface area contributed by atoms with E-state index < -0.39 is 11.9 Å². The molecule has 1 aromatic carbocycles. The number of amides is 1. The third kappa shape index (κ3) is 6.13. The molecule has 0 N–H and O–H groups in total. The number of esters is 2. The van der Waals surface area contributed by atoms with Gasteiger partial charge in [-0.15, -0.1) is 11.8 Å². The minimum Gasteiger partial charge on any atom is -0.463 e. The van der Waals surface area contributed by atoms with E-state index >= 15 is 0 Å². The summed E-state index contributed by atoms with van der Waals surface area (Å²) in [4.78, 5) is 39.2. The minimum absolute atomic E-state index is 0.0464. The fourth-order valence-electron chi connectivity index (χ4n) is 3.55. The summed E-state index contributed by atoms with van der Waals surface area (Å²) in [5, 5.41) is 0. The molecule has 3 rings (SSSR count). The molecule has 0 saturated heterocycles. The zero-order valence-corrected chi connectivity index (χ0v) is 18.6. The Kier molecular flexibility index (Phi) is 8.17. The van der Waals surface area contributed by atoms with Crippen LogP contribution in [-0.2, 0) is 20.9 Å². The fraction of sp³-hybridized carbons (Fsp3) is 0.435. The van der Waals surface area contributed by atoms with Gasteiger partial charge in [-0.2, -0.15) is 0 Å². The van der Waals surface area contributed by atoms with Crippen molar-refractivity contribution in [3.05, 3.63) is 53.5 Å². The molecule has 1 aliphatic carbocycles. The largest absolute Gasteiger partial charge is 0.463 e. The lowest BCUT2D eigenvalue weighted by atomic mass is 9.94. The zero-order valence-electron chi connectivity index (χ0n) is 17.8. The normalized spacial score (nSPS) is 14.1. The monoisotopic (exact) mass is 445 g/mol. The fourth-order valence-corrected chi connectivity index (χ4v) is 4.52. The molecule has 2 aromatic rings. The molecule has 7 nitrogen and oxygen atoms in total. The van der Waals surface area contributed by atoms with E-state index in [4.69, 9.17) is 9.15 Å². The number of benzene rings is 1. The highest BCUT2D eigenvalue weighted by Crippen LogP contribution is 2.26. The van der Waals surface area contributed by atoms with E-state index in [0.717, 1.165) is 12.8 Å². The van der Waals surface area contributed by atoms with E-state index in [-0.39, 0.29) is 24.0 Å². The van der Waals surface area contributed by atoms with Crippen molar-refractivity contribution in [1.29, 1.82) is 0 Å². The molecule has 0 aliphatic heterocycles. The molecule has 166 valence electrons. The first-order chi connectivity index (χ1) is 15.0. The average Bonchev–Trinajstić information content (AvgIpc) is 3.30. The van der Waals surface area contributed by atoms with Crippen LogP contribution in [0.3, 0.4) is 0 Å². The molecule has 0 bridgehead atoms. The van der Waals surface area contributed by atoms with Crippen LogP contribution in [0, 0.1) is 0 Å². The summed E-state index contributed by atoms with van der Waals surface area (Å²) in [5.74, 6) is -0.411. The van der Waals surface area contributed by atoms with Crippen molar-refractivity contribution in [3.8, 4) is 0 Å². The Morgan fingerprint density at radius 1 is 1.06 bits per heavy atom. The second-order valence-electron chi connectivity index (χ2n) is 7.41. The highest BCUT2D eigenvalue weighted by Gasteiger charge is 2.23. The molecule has 1 aromatic heterocycles. The maximum absolute atomic E-state index is 12.6. The zero-order chi connectivity index (χ0) is 22.2. The van der Waals surface area contributed by atoms with Gasteiger partial charge in [-0.25, -0.2) is 9.59 Å². The predicted molar refractivity (Wildman–Crippen MR) is 116 cm³/mol. The van der Waals surface area contributed by atoms with Gasteiger partial charge in [0.05, 0.1) is 18.4 Å². The highest BCUT2D eigenvalue weighted by atomic mass is 32.2. The SMILES string of the molecule is COC(=O)c1ccc(COC(=O)c2ccccc2SCC(=O)N(C)C2CCCCC2)o1. The number of rotatable bonds is 8. The van der Waals surface area contributed by atoms with E-state index in [2.05, 4.69) is 4.74 Å². The number of thioether (sulfide) groups is 1. The van der Waals surface area contributed by atoms with Crippen molar-refractivity contribution in [2.45, 2.75) is 49.6 Å². The summed E-state index contributed by atoms with van der Waals surface area (Å²) in [5.41, 5.74) is 0.389. The van der Waals surface area contributed by atoms with Crippen LogP contribution in [-0.4, -0.2) is 48.7 Å². The quantitative estimate of drug-likeness (QED) is 0.442. The van der Waals surface area contributed by atoms with Gasteiger partial charge in [0, 0.05) is 18.0 Å². The molecule has 0 unspecified atom stereocenters. The standard InChI is InChI=1S/C23H27NO6S/c1-24(16-8-4-3-5-9-16)21(25)15-31-20-11-7-6-10-18(20)22(26)29-14-17-12-13-19(30-17)23(27)28-2/h6-7,10-13,16H,3-5,8-9,14-15H2,1-2H3. The first-order valence-electron chi connectivity index (χ1n) is 10.3. The third-order valence-electron chi connectivity index (χ3n) is 5.37. The van der Waals surface area contributed by atoms with Crippen LogP contribution in [0.25, 0.3) is 0 Å². The number of carbonyl (C=O) groups excluding carboxylic acids is 3. The van der Waals surface area contributed by atoms with Crippen molar-refractivity contribution in [2.24, 2.45) is 0 Å². The van der Waals surface area contributed by atoms with E-state index in [1.165, 1.54) is 44.2 Å². The second-order valence-corrected chi connectivity index (χ2v) is 8.43. The van der Waals surface area contributed by atoms with E-state index in [9.17, 15) is 14.4 Å². The molecule has 31 heavy (non-hydrogen) atoms. The predicted octanol–water partition coefficient (Wildman–Crippen LogP) is 4.31. The van der Waals surface area contributed by atoms with Crippen LogP contribution < -0.4 is 0 Å². The molecule has 1 heterocycles. The molecule has 0 atom stereocenters. The maximum atomic E-state index is 12.6. The molecule has 1 fully saturated rings. The van der Waals surface area contributed by atoms with Gasteiger partial charge in [-0.3, -0.25) is 4.79 Å². The number of methoxy groups -OCH3 is 1. The lowest BCUT2D eigenvalue weighted by molar-refractivity contribution is -0.129. The topological polar surface area (TPSA) is 86.0 Å². The first kappa shape index (κ1) is 22.9. The number of nitrogens with zero attached hydrogens (tertiary/aromatic N) is 1. The second kappa shape index (κ2) is 11.0. The van der Waals surface area contributed by atoms with Gasteiger partial charge in [0.15, 0.2) is 0 Å². The van der Waals surface area contributed by atoms with Crippen LogP contribution in [0.2, 0.25) is 0 Å². The Hall–Kier alpha value is -2.74. The van der Waals surface area contributed by atoms with Gasteiger partial charge < -0.3 is 18.8 Å². The van der Waals surface area contributed by atoms with Crippen LogP contribution >= 0.6 is 11.8 Å². The Balaban J connectivity index is 1.56. The number of hydrogen-bond acceptors (Lipinski definition) is 7. The molecule has 1 saturated carbocycles. The lowest BCUT2D eigenvalue weighted by Gasteiger charge is -2.31. The van der Waals surface area contributed by atoms with Crippen molar-refractivity contribution in [2.75, 3.05) is 19.9 Å². The Labute approximate surface area is 186 Å². The number of hydrogen-bond donors (Lipinski definition) is 0. The summed E-state index contributed by atoms with van der Waals surface area (Å²) in [6.07, 6.45) is 5.69. The van der Waals surface area contributed by atoms with Crippen molar-refractivity contribution in [1.82, 2.24) is 4.90 Å². The van der Waals surface area contributed by atoms with E-state index in [0.29, 0.717) is 22.3 Å². The van der Waals surface area contributed by atoms with Crippen LogP contribution in [0.4, 0.5) is 0 Å². The molecular weight excluding hydrogens is 418 g/mol. The van der Waals surface area contributed by atoms with Gasteiger partial charge >= 0.3 is 11.9 Å². The lowest BCUT2D eigenvalue weighted by Crippen LogP contribution is -2.39. The minimum atomic E-state index is -0.595. The number of carbonyl (C=O) groups is 3. The summed E-state index contributed by atoms with van der Waals surface area (Å²) in [6, 6.07) is 10.4. The van der Waals surface area contributed by atoms with Gasteiger partial charge in [0.2, 0.25) is 11.7 Å². The Morgan fingerprint density at radius 2 is 1.81 bits per heavy atom. The van der Waals surface area contributed by atoms with Gasteiger partial charge in [0.25, 0.3) is 0 Å². The van der Waals surface area contributed by atoms with E-state index in [1.54, 1.807) is 24.3 Å². The van der Waals surface area contributed by atoms with Crippen LogP contribution in [0.1, 0.15) is 58.8 Å². The average molecular weight is 446 g/mol. The molecule has 1 aliphatic rings. The van der Waals surface area contributed by atoms with Crippen molar-refractivity contribution >= 4 is 29.6 Å². The van der Waals surface area contributed by atoms with Gasteiger partial charge in [-0.05, 0) is 37.1 Å². The van der Waals surface area contributed by atoms with Crippen LogP contribution in [0.15, 0.2) is 45.7 Å². The molecule has 0 spiro atoms. The maximum Gasteiger partial charge on any atom is 0.373 e. The summed E-state index contributed by atoms with van der Waals surface area (Å²) in [7, 11) is 3.13. The highest BCUT2D eigenvalue weighted by molar-refractivity contribution is 8.00. The Morgan fingerprint density at radius 3 is 2.55 bits per heavy atom. The summed E-state index contributed by atoms with van der Waals surface area (Å²) >= 11 is 1.33. The molecule has 1 amide bonds. The number of ether oxygens (including phenoxy) is 2. The third-order valence-corrected chi connectivity index (χ3v) is 6.43. The van der Waals surface area contributed by atoms with Gasteiger partial charge in [0.1, 0.15) is 12.4 Å². The van der Waals surface area contributed by atoms with Crippen LogP contribution in [0.5, 0.6) is 0 Å². The first-order valence-corrected chi connectivity index (χ1v) is 11.3. The summed E-state index contributed by atoms with van der Waals surface area (Å²) in [6.45, 7) is -0.113. The van der Waals surface area contributed by atoms with E-state index in [1.807, 2.05) is 18.0 Å². The molecule has 8 heteroatoms. The van der Waals surface area contributed by atoms with Gasteiger partial charge in [-0.1, -0.05) is 31.4 Å². The molecule has 0 radical (unpaired) electrons. The Bertz CT molecular complexity index is 918. The van der Waals surface area contributed by atoms with Crippen molar-refractivity contribution in [3.63, 3.8) is 0 Å². The summed E-state index contributed by atoms with van der Waals surface area (Å²) < 4.78 is 15.2.